The highest BCUT2D eigenvalue weighted by molar-refractivity contribution is 7.92. The molecule has 5 aromatic rings. The van der Waals surface area contributed by atoms with E-state index in [2.05, 4.69) is 45.9 Å². The third-order valence-corrected chi connectivity index (χ3v) is 6.82. The molecule has 0 aliphatic rings. The lowest BCUT2D eigenvalue weighted by atomic mass is 10.2. The quantitative estimate of drug-likeness (QED) is 0.208. The molecule has 12 nitrogen and oxygen atoms in total. The molecule has 0 aliphatic heterocycles. The molecular weight excluding hydrogens is 525 g/mol. The van der Waals surface area contributed by atoms with E-state index in [0.717, 1.165) is 35.3 Å². The summed E-state index contributed by atoms with van der Waals surface area (Å²) in [5.74, 6) is 0.977. The van der Waals surface area contributed by atoms with E-state index in [1.807, 2.05) is 37.3 Å². The van der Waals surface area contributed by atoms with Crippen LogP contribution in [0.5, 0.6) is 5.75 Å². The molecule has 4 N–H and O–H groups in total. The third kappa shape index (κ3) is 6.07. The summed E-state index contributed by atoms with van der Waals surface area (Å²) in [6.45, 7) is 1.85. The second-order valence-electron chi connectivity index (χ2n) is 8.26. The molecule has 0 saturated heterocycles. The third-order valence-electron chi connectivity index (χ3n) is 5.44. The van der Waals surface area contributed by atoms with Crippen LogP contribution in [-0.4, -0.2) is 46.1 Å². The Kier molecular flexibility index (Phi) is 7.01. The summed E-state index contributed by atoms with van der Waals surface area (Å²) in [6.07, 6.45) is 0. The van der Waals surface area contributed by atoms with E-state index in [-0.39, 0.29) is 16.3 Å². The van der Waals surface area contributed by atoms with Crippen molar-refractivity contribution in [2.75, 3.05) is 22.5 Å². The Labute approximate surface area is 222 Å². The van der Waals surface area contributed by atoms with E-state index in [1.165, 1.54) is 0 Å². The number of halogens is 1. The summed E-state index contributed by atoms with van der Waals surface area (Å²) in [4.78, 5) is 8.76. The van der Waals surface area contributed by atoms with Crippen molar-refractivity contribution in [2.24, 2.45) is 0 Å². The lowest BCUT2D eigenvalue weighted by Gasteiger charge is -2.12. The molecule has 0 saturated carbocycles. The number of rotatable bonds is 9. The number of sulfonamides is 1. The van der Waals surface area contributed by atoms with Crippen LogP contribution in [0.3, 0.4) is 0 Å². The molecule has 0 radical (unpaired) electrons. The first-order chi connectivity index (χ1) is 18.8. The average Bonchev–Trinajstić information content (AvgIpc) is 3.45. The summed E-state index contributed by atoms with van der Waals surface area (Å²) in [7, 11) is -2.42. The number of nitrogens with one attached hydrogen (secondary N) is 4. The number of aromatic amines is 1. The number of anilines is 5. The van der Waals surface area contributed by atoms with E-state index < -0.39 is 15.8 Å². The lowest BCUT2D eigenvalue weighted by Crippen LogP contribution is -2.13. The van der Waals surface area contributed by atoms with Crippen LogP contribution in [0.1, 0.15) is 5.69 Å². The van der Waals surface area contributed by atoms with Gasteiger partial charge in [-0.1, -0.05) is 0 Å². The molecular formula is C25H22FN9O3S. The summed E-state index contributed by atoms with van der Waals surface area (Å²) < 4.78 is 47.7. The van der Waals surface area contributed by atoms with Gasteiger partial charge in [0, 0.05) is 28.8 Å². The van der Waals surface area contributed by atoms with Crippen molar-refractivity contribution in [3.05, 3.63) is 84.3 Å². The summed E-state index contributed by atoms with van der Waals surface area (Å²) in [5.41, 5.74) is 2.43. The fourth-order valence-corrected chi connectivity index (χ4v) is 4.68. The van der Waals surface area contributed by atoms with Crippen molar-refractivity contribution >= 4 is 38.9 Å². The first-order valence-electron chi connectivity index (χ1n) is 11.5. The topological polar surface area (TPSA) is 160 Å². The van der Waals surface area contributed by atoms with Gasteiger partial charge in [0.15, 0.2) is 0 Å². The number of benzene rings is 3. The van der Waals surface area contributed by atoms with E-state index >= 15 is 0 Å². The molecule has 0 bridgehead atoms. The average molecular weight is 548 g/mol. The van der Waals surface area contributed by atoms with Crippen LogP contribution in [0.4, 0.5) is 33.2 Å². The zero-order valence-corrected chi connectivity index (χ0v) is 21.5. The molecule has 2 aromatic heterocycles. The Bertz CT molecular complexity index is 1700. The molecule has 3 aromatic carbocycles. The Morgan fingerprint density at radius 2 is 1.56 bits per heavy atom. The number of aryl methyl sites for hydroxylation is 1. The van der Waals surface area contributed by atoms with Gasteiger partial charge in [-0.3, -0.25) is 4.72 Å². The van der Waals surface area contributed by atoms with Gasteiger partial charge in [0.25, 0.3) is 10.0 Å². The van der Waals surface area contributed by atoms with Crippen LogP contribution in [0.15, 0.2) is 77.7 Å². The fourth-order valence-electron chi connectivity index (χ4n) is 3.59. The normalized spacial score (nSPS) is 11.2. The molecule has 39 heavy (non-hydrogen) atoms. The van der Waals surface area contributed by atoms with Gasteiger partial charge in [-0.25, -0.2) is 17.8 Å². The molecule has 0 spiro atoms. The predicted molar refractivity (Wildman–Crippen MR) is 143 cm³/mol. The SMILES string of the molecule is COc1ccc(Nc2cc(C)nc(Nc3ccc(NS(=O)(=O)c4ccc(F)c(-c5nn[nH]n5)c4)cc3)n2)cc1. The second kappa shape index (κ2) is 10.7. The molecule has 0 fully saturated rings. The zero-order valence-electron chi connectivity index (χ0n) is 20.7. The smallest absolute Gasteiger partial charge is 0.261 e. The maximum Gasteiger partial charge on any atom is 0.261 e. The van der Waals surface area contributed by atoms with Gasteiger partial charge in [-0.2, -0.15) is 10.2 Å². The highest BCUT2D eigenvalue weighted by Crippen LogP contribution is 2.26. The van der Waals surface area contributed by atoms with Crippen LogP contribution in [0.2, 0.25) is 0 Å². The highest BCUT2D eigenvalue weighted by Gasteiger charge is 2.19. The van der Waals surface area contributed by atoms with Crippen molar-refractivity contribution in [3.63, 3.8) is 0 Å². The van der Waals surface area contributed by atoms with E-state index in [1.54, 1.807) is 31.4 Å². The maximum atomic E-state index is 14.2. The number of H-pyrrole nitrogens is 1. The molecule has 0 aliphatic carbocycles. The molecule has 0 unspecified atom stereocenters. The molecule has 198 valence electrons. The van der Waals surface area contributed by atoms with Crippen LogP contribution in [0.25, 0.3) is 11.4 Å². The van der Waals surface area contributed by atoms with Crippen LogP contribution in [0, 0.1) is 12.7 Å². The van der Waals surface area contributed by atoms with Gasteiger partial charge in [-0.05, 0) is 78.9 Å². The first-order valence-corrected chi connectivity index (χ1v) is 13.0. The van der Waals surface area contributed by atoms with Crippen molar-refractivity contribution in [1.29, 1.82) is 0 Å². The summed E-state index contributed by atoms with van der Waals surface area (Å²) >= 11 is 0. The van der Waals surface area contributed by atoms with Crippen LogP contribution in [-0.2, 0) is 10.0 Å². The predicted octanol–water partition coefficient (Wildman–Crippen LogP) is 4.40. The van der Waals surface area contributed by atoms with Crippen LogP contribution >= 0.6 is 0 Å². The first kappa shape index (κ1) is 25.5. The lowest BCUT2D eigenvalue weighted by molar-refractivity contribution is 0.415. The molecule has 2 heterocycles. The van der Waals surface area contributed by atoms with Gasteiger partial charge in [0.1, 0.15) is 17.4 Å². The van der Waals surface area contributed by atoms with Gasteiger partial charge < -0.3 is 15.4 Å². The number of tetrazole rings is 1. The van der Waals surface area contributed by atoms with Crippen LogP contribution < -0.4 is 20.1 Å². The minimum absolute atomic E-state index is 0.0549. The molecule has 5 rings (SSSR count). The maximum absolute atomic E-state index is 14.2. The Morgan fingerprint density at radius 3 is 2.26 bits per heavy atom. The van der Waals surface area contributed by atoms with Gasteiger partial charge >= 0.3 is 0 Å². The van der Waals surface area contributed by atoms with Gasteiger partial charge in [0.05, 0.1) is 17.6 Å². The van der Waals surface area contributed by atoms with Crippen molar-refractivity contribution in [3.8, 4) is 17.1 Å². The zero-order chi connectivity index (χ0) is 27.4. The minimum Gasteiger partial charge on any atom is -0.497 e. The summed E-state index contributed by atoms with van der Waals surface area (Å²) in [5, 5.41) is 19.4. The van der Waals surface area contributed by atoms with Gasteiger partial charge in [-0.15, -0.1) is 10.2 Å². The fraction of sp³-hybridized carbons (Fsp3) is 0.0800. The monoisotopic (exact) mass is 547 g/mol. The highest BCUT2D eigenvalue weighted by atomic mass is 32.2. The largest absolute Gasteiger partial charge is 0.497 e. The molecule has 0 amide bonds. The number of ether oxygens (including phenoxy) is 1. The number of hydrogen-bond donors (Lipinski definition) is 4. The Morgan fingerprint density at radius 1 is 0.872 bits per heavy atom. The number of hydrogen-bond acceptors (Lipinski definition) is 10. The van der Waals surface area contributed by atoms with E-state index in [0.29, 0.717) is 23.1 Å². The number of nitrogens with zero attached hydrogens (tertiary/aromatic N) is 5. The van der Waals surface area contributed by atoms with Crippen molar-refractivity contribution in [1.82, 2.24) is 30.6 Å². The standard InChI is InChI=1S/C25H22FN9O3S/c1-15-13-23(28-16-7-9-19(38-2)10-8-16)30-25(27-15)29-17-3-5-18(6-4-17)33-39(36,37)20-11-12-22(26)21(14-20)24-31-34-35-32-24/h3-14,33H,1-2H3,(H2,27,28,29,30)(H,31,32,34,35). The Hall–Kier alpha value is -5.11. The van der Waals surface area contributed by atoms with Gasteiger partial charge in [0.2, 0.25) is 11.8 Å². The number of methoxy groups -OCH3 is 1. The van der Waals surface area contributed by atoms with E-state index in [9.17, 15) is 12.8 Å². The second-order valence-corrected chi connectivity index (χ2v) is 9.94. The minimum atomic E-state index is -4.02. The summed E-state index contributed by atoms with van der Waals surface area (Å²) in [6, 6.07) is 19.1. The molecule has 0 atom stereocenters. The van der Waals surface area contributed by atoms with E-state index in [4.69, 9.17) is 4.74 Å². The number of aromatic nitrogens is 6. The van der Waals surface area contributed by atoms with Crippen molar-refractivity contribution in [2.45, 2.75) is 11.8 Å². The molecule has 14 heteroatoms. The Balaban J connectivity index is 1.28. The van der Waals surface area contributed by atoms with Crippen molar-refractivity contribution < 1.29 is 17.5 Å².